The van der Waals surface area contributed by atoms with Gasteiger partial charge in [0.05, 0.1) is 6.61 Å². The first-order chi connectivity index (χ1) is 10.3. The average Bonchev–Trinajstić information content (AvgIpc) is 2.55. The Morgan fingerprint density at radius 3 is 2.57 bits per heavy atom. The maximum absolute atomic E-state index is 5.74. The zero-order valence-corrected chi connectivity index (χ0v) is 13.0. The Bertz CT molecular complexity index is 542. The van der Waals surface area contributed by atoms with Crippen LogP contribution in [0.3, 0.4) is 0 Å². The Morgan fingerprint density at radius 1 is 1.14 bits per heavy atom. The van der Waals surface area contributed by atoms with Gasteiger partial charge in [-0.1, -0.05) is 26.0 Å². The van der Waals surface area contributed by atoms with Gasteiger partial charge in [0.25, 0.3) is 0 Å². The monoisotopic (exact) mass is 284 g/mol. The quantitative estimate of drug-likeness (QED) is 0.836. The third kappa shape index (κ3) is 4.05. The predicted molar refractivity (Wildman–Crippen MR) is 86.7 cm³/mol. The van der Waals surface area contributed by atoms with E-state index >= 15 is 0 Å². The topological polar surface area (TPSA) is 34.1 Å². The van der Waals surface area contributed by atoms with Gasteiger partial charge in [0, 0.05) is 24.4 Å². The van der Waals surface area contributed by atoms with E-state index in [-0.39, 0.29) is 6.04 Å². The van der Waals surface area contributed by atoms with Gasteiger partial charge in [-0.15, -0.1) is 0 Å². The van der Waals surface area contributed by atoms with E-state index in [0.717, 1.165) is 18.8 Å². The molecule has 0 fully saturated rings. The van der Waals surface area contributed by atoms with Gasteiger partial charge in [0.1, 0.15) is 5.75 Å². The number of nitrogens with one attached hydrogen (secondary N) is 1. The standard InChI is InChI=1S/C18H24N2O/c1-4-12-21-17-7-5-6-16(13-17)18(19-3)14(2)15-8-10-20-11-9-15/h5-11,13-14,18-19H,4,12H2,1-3H3. The third-order valence-electron chi connectivity index (χ3n) is 3.73. The van der Waals surface area contributed by atoms with E-state index in [1.165, 1.54) is 11.1 Å². The summed E-state index contributed by atoms with van der Waals surface area (Å²) in [5.41, 5.74) is 2.53. The minimum atomic E-state index is 0.248. The molecule has 0 saturated carbocycles. The fourth-order valence-corrected chi connectivity index (χ4v) is 2.58. The highest BCUT2D eigenvalue weighted by molar-refractivity contribution is 5.33. The van der Waals surface area contributed by atoms with Crippen LogP contribution in [0.15, 0.2) is 48.8 Å². The first-order valence-electron chi connectivity index (χ1n) is 7.56. The van der Waals surface area contributed by atoms with Crippen molar-refractivity contribution in [2.24, 2.45) is 0 Å². The first kappa shape index (κ1) is 15.5. The van der Waals surface area contributed by atoms with Crippen LogP contribution in [-0.4, -0.2) is 18.6 Å². The van der Waals surface area contributed by atoms with Gasteiger partial charge in [-0.25, -0.2) is 0 Å². The fourth-order valence-electron chi connectivity index (χ4n) is 2.58. The average molecular weight is 284 g/mol. The third-order valence-corrected chi connectivity index (χ3v) is 3.73. The lowest BCUT2D eigenvalue weighted by molar-refractivity contribution is 0.316. The molecule has 2 rings (SSSR count). The van der Waals surface area contributed by atoms with Gasteiger partial charge in [-0.05, 0) is 48.9 Å². The van der Waals surface area contributed by atoms with Crippen LogP contribution in [-0.2, 0) is 0 Å². The van der Waals surface area contributed by atoms with Crippen molar-refractivity contribution in [1.29, 1.82) is 0 Å². The van der Waals surface area contributed by atoms with E-state index < -0.39 is 0 Å². The van der Waals surface area contributed by atoms with E-state index in [1.54, 1.807) is 0 Å². The minimum absolute atomic E-state index is 0.248. The van der Waals surface area contributed by atoms with Crippen LogP contribution < -0.4 is 10.1 Å². The van der Waals surface area contributed by atoms with Crippen molar-refractivity contribution in [3.05, 3.63) is 59.9 Å². The summed E-state index contributed by atoms with van der Waals surface area (Å²) in [6.07, 6.45) is 4.71. The number of aromatic nitrogens is 1. The second-order valence-electron chi connectivity index (χ2n) is 5.26. The van der Waals surface area contributed by atoms with Crippen LogP contribution in [0, 0.1) is 0 Å². The number of ether oxygens (including phenoxy) is 1. The number of likely N-dealkylation sites (N-methyl/N-ethyl adjacent to an activating group) is 1. The van der Waals surface area contributed by atoms with E-state index in [0.29, 0.717) is 5.92 Å². The zero-order chi connectivity index (χ0) is 15.1. The lowest BCUT2D eigenvalue weighted by Gasteiger charge is -2.25. The van der Waals surface area contributed by atoms with Gasteiger partial charge in [-0.2, -0.15) is 0 Å². The first-order valence-corrected chi connectivity index (χ1v) is 7.56. The van der Waals surface area contributed by atoms with Crippen LogP contribution in [0.25, 0.3) is 0 Å². The molecule has 2 unspecified atom stereocenters. The Kier molecular flexibility index (Phi) is 5.76. The normalized spacial score (nSPS) is 13.7. The lowest BCUT2D eigenvalue weighted by atomic mass is 9.89. The van der Waals surface area contributed by atoms with Crippen LogP contribution in [0.4, 0.5) is 0 Å². The van der Waals surface area contributed by atoms with Crippen LogP contribution in [0.5, 0.6) is 5.75 Å². The molecule has 0 amide bonds. The molecular weight excluding hydrogens is 260 g/mol. The molecule has 0 aliphatic heterocycles. The van der Waals surface area contributed by atoms with E-state index in [1.807, 2.05) is 25.5 Å². The van der Waals surface area contributed by atoms with Crippen LogP contribution in [0.2, 0.25) is 0 Å². The summed E-state index contributed by atoms with van der Waals surface area (Å²) in [4.78, 5) is 4.09. The van der Waals surface area contributed by atoms with Crippen molar-refractivity contribution < 1.29 is 4.74 Å². The van der Waals surface area contributed by atoms with Crippen molar-refractivity contribution in [1.82, 2.24) is 10.3 Å². The van der Waals surface area contributed by atoms with Crippen LogP contribution >= 0.6 is 0 Å². The highest BCUT2D eigenvalue weighted by Gasteiger charge is 2.19. The maximum Gasteiger partial charge on any atom is 0.119 e. The Hall–Kier alpha value is -1.87. The number of hydrogen-bond acceptors (Lipinski definition) is 3. The SMILES string of the molecule is CCCOc1cccc(C(NC)C(C)c2ccncc2)c1. The van der Waals surface area contributed by atoms with Crippen molar-refractivity contribution in [2.45, 2.75) is 32.2 Å². The molecule has 0 spiro atoms. The molecule has 1 aromatic heterocycles. The van der Waals surface area contributed by atoms with Gasteiger partial charge in [0.15, 0.2) is 0 Å². The van der Waals surface area contributed by atoms with Gasteiger partial charge >= 0.3 is 0 Å². The summed E-state index contributed by atoms with van der Waals surface area (Å²) in [6.45, 7) is 5.11. The number of pyridine rings is 1. The highest BCUT2D eigenvalue weighted by atomic mass is 16.5. The molecule has 2 aromatic rings. The van der Waals surface area contributed by atoms with Crippen molar-refractivity contribution in [3.8, 4) is 5.75 Å². The molecule has 3 heteroatoms. The molecule has 0 saturated heterocycles. The van der Waals surface area contributed by atoms with Gasteiger partial charge in [-0.3, -0.25) is 4.98 Å². The molecule has 1 heterocycles. The number of hydrogen-bond donors (Lipinski definition) is 1. The summed E-state index contributed by atoms with van der Waals surface area (Å²) in [7, 11) is 2.00. The molecule has 112 valence electrons. The van der Waals surface area contributed by atoms with Crippen molar-refractivity contribution in [3.63, 3.8) is 0 Å². The predicted octanol–water partition coefficient (Wildman–Crippen LogP) is 3.93. The summed E-state index contributed by atoms with van der Waals surface area (Å²) in [5, 5.41) is 3.42. The van der Waals surface area contributed by atoms with Crippen molar-refractivity contribution >= 4 is 0 Å². The molecule has 0 bridgehead atoms. The molecule has 3 nitrogen and oxygen atoms in total. The van der Waals surface area contributed by atoms with E-state index in [9.17, 15) is 0 Å². The Labute approximate surface area is 127 Å². The minimum Gasteiger partial charge on any atom is -0.494 e. The summed E-state index contributed by atoms with van der Waals surface area (Å²) in [6, 6.07) is 12.8. The fraction of sp³-hybridized carbons (Fsp3) is 0.389. The second-order valence-corrected chi connectivity index (χ2v) is 5.26. The summed E-state index contributed by atoms with van der Waals surface area (Å²) < 4.78 is 5.74. The number of benzene rings is 1. The molecule has 1 N–H and O–H groups in total. The van der Waals surface area contributed by atoms with Crippen LogP contribution in [0.1, 0.15) is 43.4 Å². The van der Waals surface area contributed by atoms with Gasteiger partial charge < -0.3 is 10.1 Å². The van der Waals surface area contributed by atoms with E-state index in [4.69, 9.17) is 4.74 Å². The number of nitrogens with zero attached hydrogens (tertiary/aromatic N) is 1. The largest absolute Gasteiger partial charge is 0.494 e. The maximum atomic E-state index is 5.74. The lowest BCUT2D eigenvalue weighted by Crippen LogP contribution is -2.22. The molecule has 0 radical (unpaired) electrons. The molecule has 0 aliphatic rings. The molecule has 0 aliphatic carbocycles. The highest BCUT2D eigenvalue weighted by Crippen LogP contribution is 2.31. The zero-order valence-electron chi connectivity index (χ0n) is 13.0. The summed E-state index contributed by atoms with van der Waals surface area (Å²) >= 11 is 0. The molecule has 21 heavy (non-hydrogen) atoms. The van der Waals surface area contributed by atoms with Crippen molar-refractivity contribution in [2.75, 3.05) is 13.7 Å². The second kappa shape index (κ2) is 7.79. The molecular formula is C18H24N2O. The molecule has 1 aromatic carbocycles. The Balaban J connectivity index is 2.20. The summed E-state index contributed by atoms with van der Waals surface area (Å²) in [5.74, 6) is 1.30. The number of rotatable bonds is 7. The Morgan fingerprint density at radius 2 is 1.90 bits per heavy atom. The van der Waals surface area contributed by atoms with Gasteiger partial charge in [0.2, 0.25) is 0 Å². The molecule has 2 atom stereocenters. The van der Waals surface area contributed by atoms with E-state index in [2.05, 4.69) is 54.5 Å². The smallest absolute Gasteiger partial charge is 0.119 e.